The van der Waals surface area contributed by atoms with E-state index in [1.165, 1.54) is 7.11 Å². The molecule has 0 N–H and O–H groups in total. The van der Waals surface area contributed by atoms with Crippen LogP contribution in [0.2, 0.25) is 0 Å². The van der Waals surface area contributed by atoms with Crippen LogP contribution in [0, 0.1) is 11.3 Å². The van der Waals surface area contributed by atoms with Crippen molar-refractivity contribution in [1.82, 2.24) is 4.57 Å². The highest BCUT2D eigenvalue weighted by Gasteiger charge is 2.10. The predicted molar refractivity (Wildman–Crippen MR) is 85.6 cm³/mol. The molecule has 0 amide bonds. The first-order chi connectivity index (χ1) is 10.8. The number of benzene rings is 1. The zero-order chi connectivity index (χ0) is 15.4. The molecule has 0 bridgehead atoms. The molecule has 0 aliphatic heterocycles. The van der Waals surface area contributed by atoms with Crippen LogP contribution in [0.1, 0.15) is 11.1 Å². The van der Waals surface area contributed by atoms with Gasteiger partial charge >= 0.3 is 0 Å². The van der Waals surface area contributed by atoms with Crippen LogP contribution in [0.15, 0.2) is 53.5 Å². The number of hydrogen-bond donors (Lipinski definition) is 0. The van der Waals surface area contributed by atoms with E-state index in [2.05, 4.69) is 11.0 Å². The molecule has 2 heterocycles. The van der Waals surface area contributed by atoms with Gasteiger partial charge in [0.05, 0.1) is 12.7 Å². The van der Waals surface area contributed by atoms with Gasteiger partial charge in [-0.3, -0.25) is 0 Å². The van der Waals surface area contributed by atoms with Crippen LogP contribution in [-0.2, 0) is 16.4 Å². The van der Waals surface area contributed by atoms with Gasteiger partial charge in [0.25, 0.3) is 0 Å². The summed E-state index contributed by atoms with van der Waals surface area (Å²) in [5, 5.41) is 13.4. The normalized spacial score (nSPS) is 10.5. The molecule has 0 radical (unpaired) electrons. The molecule has 0 fully saturated rings. The van der Waals surface area contributed by atoms with Crippen molar-refractivity contribution in [3.8, 4) is 22.9 Å². The van der Waals surface area contributed by atoms with E-state index in [1.807, 2.05) is 58.1 Å². The molecule has 0 atom stereocenters. The molecule has 0 unspecified atom stereocenters. The highest BCUT2D eigenvalue weighted by Crippen LogP contribution is 2.28. The molecule has 2 aromatic heterocycles. The number of nitriles is 1. The van der Waals surface area contributed by atoms with E-state index in [1.54, 1.807) is 11.3 Å². The van der Waals surface area contributed by atoms with E-state index in [-0.39, 0.29) is 0 Å². The van der Waals surface area contributed by atoms with Crippen molar-refractivity contribution in [2.75, 3.05) is 7.11 Å². The third-order valence-electron chi connectivity index (χ3n) is 3.36. The van der Waals surface area contributed by atoms with Crippen LogP contribution < -0.4 is 0 Å². The minimum Gasteiger partial charge on any atom is -0.322 e. The van der Waals surface area contributed by atoms with E-state index in [0.29, 0.717) is 12.2 Å². The second kappa shape index (κ2) is 6.58. The quantitative estimate of drug-likeness (QED) is 0.525. The smallest absolute Gasteiger partial charge is 0.107 e. The van der Waals surface area contributed by atoms with Gasteiger partial charge in [-0.25, -0.2) is 9.78 Å². The Morgan fingerprint density at radius 1 is 1.18 bits per heavy atom. The number of aromatic nitrogens is 1. The summed E-state index contributed by atoms with van der Waals surface area (Å²) in [5.41, 5.74) is 4.72. The molecule has 1 aromatic carbocycles. The van der Waals surface area contributed by atoms with Crippen molar-refractivity contribution >= 4 is 11.3 Å². The largest absolute Gasteiger partial charge is 0.322 e. The van der Waals surface area contributed by atoms with Gasteiger partial charge in [0.15, 0.2) is 0 Å². The lowest BCUT2D eigenvalue weighted by molar-refractivity contribution is -0.282. The van der Waals surface area contributed by atoms with Crippen molar-refractivity contribution in [2.24, 2.45) is 0 Å². The topological polar surface area (TPSA) is 47.2 Å². The lowest BCUT2D eigenvalue weighted by atomic mass is 10.1. The molecule has 3 aromatic rings. The maximum atomic E-state index is 9.33. The van der Waals surface area contributed by atoms with Crippen LogP contribution in [0.25, 0.3) is 16.8 Å². The summed E-state index contributed by atoms with van der Waals surface area (Å²) in [6.45, 7) is 0.409. The van der Waals surface area contributed by atoms with Gasteiger partial charge in [0.1, 0.15) is 12.7 Å². The maximum Gasteiger partial charge on any atom is 0.107 e. The molecule has 0 aliphatic rings. The Morgan fingerprint density at radius 2 is 2.00 bits per heavy atom. The number of hydrogen-bond acceptors (Lipinski definition) is 4. The van der Waals surface area contributed by atoms with Crippen LogP contribution in [-0.4, -0.2) is 11.7 Å². The summed E-state index contributed by atoms with van der Waals surface area (Å²) in [5.74, 6) is 0. The third-order valence-corrected chi connectivity index (χ3v) is 4.04. The van der Waals surface area contributed by atoms with Gasteiger partial charge in [0.2, 0.25) is 0 Å². The van der Waals surface area contributed by atoms with Gasteiger partial charge in [-0.2, -0.15) is 16.6 Å². The summed E-state index contributed by atoms with van der Waals surface area (Å²) in [6.07, 6.45) is 3.84. The minimum atomic E-state index is 0.409. The summed E-state index contributed by atoms with van der Waals surface area (Å²) < 4.78 is 1.96. The fourth-order valence-corrected chi connectivity index (χ4v) is 2.89. The van der Waals surface area contributed by atoms with Crippen LogP contribution in [0.4, 0.5) is 0 Å². The lowest BCUT2D eigenvalue weighted by Gasteiger charge is -2.05. The summed E-state index contributed by atoms with van der Waals surface area (Å²) >= 11 is 1.62. The molecule has 110 valence electrons. The average molecular weight is 310 g/mol. The molecule has 0 saturated heterocycles. The van der Waals surface area contributed by atoms with E-state index < -0.39 is 0 Å². The van der Waals surface area contributed by atoms with Crippen LogP contribution in [0.5, 0.6) is 0 Å². The van der Waals surface area contributed by atoms with E-state index >= 15 is 0 Å². The molecule has 0 aliphatic carbocycles. The Balaban J connectivity index is 1.91. The van der Waals surface area contributed by atoms with E-state index in [9.17, 15) is 5.26 Å². The minimum absolute atomic E-state index is 0.409. The molecule has 0 saturated carbocycles. The average Bonchev–Trinajstić information content (AvgIpc) is 3.22. The molecule has 5 heteroatoms. The Hall–Kier alpha value is -2.39. The van der Waals surface area contributed by atoms with Crippen molar-refractivity contribution in [2.45, 2.75) is 6.61 Å². The first-order valence-corrected chi connectivity index (χ1v) is 7.65. The van der Waals surface area contributed by atoms with Gasteiger partial charge in [-0.05, 0) is 40.1 Å². The fraction of sp³-hybridized carbons (Fsp3) is 0.118. The number of rotatable bonds is 5. The van der Waals surface area contributed by atoms with Gasteiger partial charge < -0.3 is 4.57 Å². The summed E-state index contributed by atoms with van der Waals surface area (Å²) in [6, 6.07) is 12.2. The zero-order valence-electron chi connectivity index (χ0n) is 12.0. The first-order valence-electron chi connectivity index (χ1n) is 6.71. The highest BCUT2D eigenvalue weighted by molar-refractivity contribution is 7.08. The lowest BCUT2D eigenvalue weighted by Crippen LogP contribution is -1.93. The molecule has 3 rings (SSSR count). The Bertz CT molecular complexity index is 783. The fourth-order valence-electron chi connectivity index (χ4n) is 2.23. The molecule has 4 nitrogen and oxygen atoms in total. The SMILES string of the molecule is COOCc1ccc(-n2cc(C#N)c(-c3ccsc3)c2)cc1. The van der Waals surface area contributed by atoms with Crippen molar-refractivity contribution in [1.29, 1.82) is 5.26 Å². The standard InChI is InChI=1S/C17H14N2O2S/c1-20-21-11-13-2-4-16(5-3-13)19-9-15(8-18)17(10-19)14-6-7-22-12-14/h2-7,9-10,12H,11H2,1H3. The summed E-state index contributed by atoms with van der Waals surface area (Å²) in [7, 11) is 1.49. The van der Waals surface area contributed by atoms with E-state index in [4.69, 9.17) is 4.89 Å². The maximum absolute atomic E-state index is 9.33. The monoisotopic (exact) mass is 310 g/mol. The Labute approximate surface area is 132 Å². The third kappa shape index (κ3) is 2.95. The van der Waals surface area contributed by atoms with Crippen molar-refractivity contribution in [3.63, 3.8) is 0 Å². The Morgan fingerprint density at radius 3 is 2.64 bits per heavy atom. The number of nitrogens with zero attached hydrogens (tertiary/aromatic N) is 2. The second-order valence-corrected chi connectivity index (χ2v) is 5.49. The molecular formula is C17H14N2O2S. The molecular weight excluding hydrogens is 296 g/mol. The Kier molecular flexibility index (Phi) is 4.35. The van der Waals surface area contributed by atoms with Crippen LogP contribution in [0.3, 0.4) is 0 Å². The first kappa shape index (κ1) is 14.5. The second-order valence-electron chi connectivity index (χ2n) is 4.71. The highest BCUT2D eigenvalue weighted by atomic mass is 32.1. The van der Waals surface area contributed by atoms with Crippen LogP contribution >= 0.6 is 11.3 Å². The van der Waals surface area contributed by atoms with Crippen molar-refractivity contribution in [3.05, 3.63) is 64.6 Å². The van der Waals surface area contributed by atoms with Gasteiger partial charge in [-0.1, -0.05) is 12.1 Å². The van der Waals surface area contributed by atoms with Gasteiger partial charge in [0, 0.05) is 23.6 Å². The molecule has 22 heavy (non-hydrogen) atoms. The van der Waals surface area contributed by atoms with Gasteiger partial charge in [-0.15, -0.1) is 0 Å². The van der Waals surface area contributed by atoms with E-state index in [0.717, 1.165) is 22.4 Å². The summed E-state index contributed by atoms with van der Waals surface area (Å²) in [4.78, 5) is 9.50. The number of thiophene rings is 1. The zero-order valence-corrected chi connectivity index (χ0v) is 12.8. The van der Waals surface area contributed by atoms with Crippen molar-refractivity contribution < 1.29 is 9.78 Å². The molecule has 0 spiro atoms. The predicted octanol–water partition coefficient (Wildman–Crippen LogP) is 4.16.